The highest BCUT2D eigenvalue weighted by Crippen LogP contribution is 2.33. The van der Waals surface area contributed by atoms with E-state index in [1.165, 1.54) is 37.7 Å². The molecule has 0 aliphatic heterocycles. The van der Waals surface area contributed by atoms with E-state index in [1.54, 1.807) is 18.2 Å². The van der Waals surface area contributed by atoms with Crippen molar-refractivity contribution in [3.8, 4) is 5.75 Å². The van der Waals surface area contributed by atoms with Crippen LogP contribution in [0.25, 0.3) is 0 Å². The smallest absolute Gasteiger partial charge is 0.262 e. The van der Waals surface area contributed by atoms with Gasteiger partial charge in [-0.2, -0.15) is 0 Å². The van der Waals surface area contributed by atoms with Gasteiger partial charge in [0.15, 0.2) is 6.61 Å². The number of hydrogen-bond acceptors (Lipinski definition) is 3. The maximum Gasteiger partial charge on any atom is 0.262 e. The van der Waals surface area contributed by atoms with Gasteiger partial charge in [-0.25, -0.2) is 0 Å². The number of carbonyl (C=O) groups is 2. The summed E-state index contributed by atoms with van der Waals surface area (Å²) < 4.78 is 5.62. The number of rotatable bonds is 8. The van der Waals surface area contributed by atoms with Crippen molar-refractivity contribution in [1.82, 2.24) is 0 Å². The molecule has 0 unspecified atom stereocenters. The minimum absolute atomic E-state index is 0.0721. The lowest BCUT2D eigenvalue weighted by Crippen LogP contribution is -2.20. The average Bonchev–Trinajstić information content (AvgIpc) is 2.76. The molecular formula is C24H29ClN2O3. The predicted molar refractivity (Wildman–Crippen MR) is 121 cm³/mol. The van der Waals surface area contributed by atoms with Crippen molar-refractivity contribution in [3.05, 3.63) is 53.1 Å². The van der Waals surface area contributed by atoms with Gasteiger partial charge in [0.2, 0.25) is 5.91 Å². The zero-order valence-electron chi connectivity index (χ0n) is 17.4. The van der Waals surface area contributed by atoms with Crippen LogP contribution in [0.3, 0.4) is 0 Å². The van der Waals surface area contributed by atoms with Gasteiger partial charge in [0.05, 0.1) is 10.7 Å². The number of hydrogen-bond donors (Lipinski definition) is 2. The first kappa shape index (κ1) is 22.2. The van der Waals surface area contributed by atoms with Crippen molar-refractivity contribution in [1.29, 1.82) is 0 Å². The van der Waals surface area contributed by atoms with Gasteiger partial charge in [-0.05, 0) is 61.1 Å². The van der Waals surface area contributed by atoms with Gasteiger partial charge < -0.3 is 15.4 Å². The van der Waals surface area contributed by atoms with Crippen LogP contribution in [0.5, 0.6) is 5.75 Å². The van der Waals surface area contributed by atoms with Crippen LogP contribution >= 0.6 is 11.6 Å². The summed E-state index contributed by atoms with van der Waals surface area (Å²) in [4.78, 5) is 24.1. The Morgan fingerprint density at radius 1 is 1.00 bits per heavy atom. The Balaban J connectivity index is 1.52. The lowest BCUT2D eigenvalue weighted by atomic mass is 9.84. The van der Waals surface area contributed by atoms with E-state index < -0.39 is 0 Å². The first-order valence-electron chi connectivity index (χ1n) is 10.7. The van der Waals surface area contributed by atoms with Gasteiger partial charge in [0.1, 0.15) is 5.75 Å². The highest BCUT2D eigenvalue weighted by Gasteiger charge is 2.15. The topological polar surface area (TPSA) is 67.4 Å². The fraction of sp³-hybridized carbons (Fsp3) is 0.417. The van der Waals surface area contributed by atoms with E-state index in [1.807, 2.05) is 19.1 Å². The van der Waals surface area contributed by atoms with Crippen LogP contribution in [0.1, 0.15) is 63.4 Å². The van der Waals surface area contributed by atoms with Crippen LogP contribution in [-0.2, 0) is 9.59 Å². The number of amides is 2. The summed E-state index contributed by atoms with van der Waals surface area (Å²) in [6.07, 6.45) is 7.65. The zero-order chi connectivity index (χ0) is 21.3. The highest BCUT2D eigenvalue weighted by atomic mass is 35.5. The van der Waals surface area contributed by atoms with Crippen LogP contribution in [0.15, 0.2) is 42.5 Å². The van der Waals surface area contributed by atoms with Gasteiger partial charge in [-0.15, -0.1) is 0 Å². The third kappa shape index (κ3) is 6.49. The fourth-order valence-corrected chi connectivity index (χ4v) is 3.92. The van der Waals surface area contributed by atoms with Crippen molar-refractivity contribution >= 4 is 34.8 Å². The van der Waals surface area contributed by atoms with E-state index in [-0.39, 0.29) is 18.4 Å². The van der Waals surface area contributed by atoms with Crippen LogP contribution in [0.2, 0.25) is 5.02 Å². The van der Waals surface area contributed by atoms with E-state index in [2.05, 4.69) is 22.8 Å². The molecule has 1 fully saturated rings. The molecular weight excluding hydrogens is 400 g/mol. The fourth-order valence-electron chi connectivity index (χ4n) is 3.76. The maximum absolute atomic E-state index is 12.3. The van der Waals surface area contributed by atoms with Gasteiger partial charge in [-0.3, -0.25) is 9.59 Å². The monoisotopic (exact) mass is 428 g/mol. The lowest BCUT2D eigenvalue weighted by Gasteiger charge is -2.22. The largest absolute Gasteiger partial charge is 0.484 e. The van der Waals surface area contributed by atoms with Gasteiger partial charge in [0.25, 0.3) is 5.91 Å². The molecule has 2 aromatic rings. The van der Waals surface area contributed by atoms with Crippen LogP contribution in [-0.4, -0.2) is 18.4 Å². The second-order valence-electron chi connectivity index (χ2n) is 7.73. The minimum atomic E-state index is -0.315. The Kier molecular flexibility index (Phi) is 8.14. The molecule has 2 amide bonds. The minimum Gasteiger partial charge on any atom is -0.484 e. The van der Waals surface area contributed by atoms with Crippen molar-refractivity contribution < 1.29 is 14.3 Å². The molecule has 0 atom stereocenters. The Morgan fingerprint density at radius 2 is 1.73 bits per heavy atom. The van der Waals surface area contributed by atoms with Crippen molar-refractivity contribution in [3.63, 3.8) is 0 Å². The second-order valence-corrected chi connectivity index (χ2v) is 8.14. The molecule has 6 heteroatoms. The van der Waals surface area contributed by atoms with Crippen LogP contribution in [0, 0.1) is 0 Å². The van der Waals surface area contributed by atoms with Crippen molar-refractivity contribution in [2.45, 2.75) is 57.8 Å². The number of ether oxygens (including phenoxy) is 1. The second kappa shape index (κ2) is 11.0. The van der Waals surface area contributed by atoms with E-state index in [9.17, 15) is 9.59 Å². The summed E-state index contributed by atoms with van der Waals surface area (Å²) in [6.45, 7) is 1.82. The Hall–Kier alpha value is -2.53. The molecule has 1 saturated carbocycles. The van der Waals surface area contributed by atoms with E-state index >= 15 is 0 Å². The molecule has 160 valence electrons. The average molecular weight is 429 g/mol. The molecule has 0 saturated heterocycles. The molecule has 2 N–H and O–H groups in total. The molecule has 30 heavy (non-hydrogen) atoms. The molecule has 0 radical (unpaired) electrons. The predicted octanol–water partition coefficient (Wildman–Crippen LogP) is 6.14. The molecule has 5 nitrogen and oxygen atoms in total. The highest BCUT2D eigenvalue weighted by molar-refractivity contribution is 6.33. The molecule has 2 aromatic carbocycles. The lowest BCUT2D eigenvalue weighted by molar-refractivity contribution is -0.118. The molecule has 0 spiro atoms. The van der Waals surface area contributed by atoms with E-state index in [0.29, 0.717) is 34.5 Å². The number of nitrogens with one attached hydrogen (secondary N) is 2. The molecule has 1 aliphatic rings. The first-order valence-corrected chi connectivity index (χ1v) is 11.0. The normalized spacial score (nSPS) is 14.2. The summed E-state index contributed by atoms with van der Waals surface area (Å²) in [5.41, 5.74) is 2.37. The molecule has 0 heterocycles. The number of anilines is 2. The molecule has 0 bridgehead atoms. The van der Waals surface area contributed by atoms with Crippen molar-refractivity contribution in [2.75, 3.05) is 17.2 Å². The number of halogens is 1. The van der Waals surface area contributed by atoms with E-state index in [0.717, 1.165) is 6.42 Å². The summed E-state index contributed by atoms with van der Waals surface area (Å²) >= 11 is 6.18. The SMILES string of the molecule is CCCC(=O)Nc1ccc(Cl)c(NC(=O)COc2ccc(C3CCCCC3)cc2)c1. The van der Waals surface area contributed by atoms with Gasteiger partial charge >= 0.3 is 0 Å². The zero-order valence-corrected chi connectivity index (χ0v) is 18.1. The third-order valence-electron chi connectivity index (χ3n) is 5.33. The molecule has 0 aromatic heterocycles. The Bertz CT molecular complexity index is 861. The number of carbonyl (C=O) groups excluding carboxylic acids is 2. The standard InChI is InChI=1S/C24H29ClN2O3/c1-2-6-23(28)26-19-11-14-21(25)22(15-19)27-24(29)16-30-20-12-9-18(10-13-20)17-7-4-3-5-8-17/h9-15,17H,2-8,16H2,1H3,(H,26,28)(H,27,29). The maximum atomic E-state index is 12.3. The summed E-state index contributed by atoms with van der Waals surface area (Å²) in [5.74, 6) is 0.919. The molecule has 3 rings (SSSR count). The third-order valence-corrected chi connectivity index (χ3v) is 5.66. The van der Waals surface area contributed by atoms with Crippen molar-refractivity contribution in [2.24, 2.45) is 0 Å². The van der Waals surface area contributed by atoms with Crippen LogP contribution in [0.4, 0.5) is 11.4 Å². The Labute approximate surface area is 183 Å². The van der Waals surface area contributed by atoms with Gasteiger partial charge in [-0.1, -0.05) is 49.9 Å². The number of benzene rings is 2. The van der Waals surface area contributed by atoms with E-state index in [4.69, 9.17) is 16.3 Å². The summed E-state index contributed by atoms with van der Waals surface area (Å²) in [6, 6.07) is 13.0. The first-order chi connectivity index (χ1) is 14.5. The summed E-state index contributed by atoms with van der Waals surface area (Å²) in [7, 11) is 0. The van der Waals surface area contributed by atoms with Gasteiger partial charge in [0, 0.05) is 12.1 Å². The molecule has 1 aliphatic carbocycles. The quantitative estimate of drug-likeness (QED) is 0.530. The van der Waals surface area contributed by atoms with Crippen LogP contribution < -0.4 is 15.4 Å². The summed E-state index contributed by atoms with van der Waals surface area (Å²) in [5, 5.41) is 5.93. The Morgan fingerprint density at radius 3 is 2.43 bits per heavy atom.